The zero-order chi connectivity index (χ0) is 12.1. The Balaban J connectivity index is 1.86. The van der Waals surface area contributed by atoms with Gasteiger partial charge >= 0.3 is 6.03 Å². The number of aliphatic hydroxyl groups excluding tert-OH is 1. The summed E-state index contributed by atoms with van der Waals surface area (Å²) >= 11 is 0. The minimum atomic E-state index is 0.0926. The molecule has 98 valence electrons. The van der Waals surface area contributed by atoms with E-state index in [0.717, 1.165) is 38.6 Å². The van der Waals surface area contributed by atoms with Crippen LogP contribution in [0.15, 0.2) is 0 Å². The van der Waals surface area contributed by atoms with E-state index in [-0.39, 0.29) is 18.7 Å². The Hall–Kier alpha value is -0.770. The summed E-state index contributed by atoms with van der Waals surface area (Å²) in [5.41, 5.74) is 0. The molecule has 0 aromatic carbocycles. The lowest BCUT2D eigenvalue weighted by Gasteiger charge is -2.36. The predicted octanol–water partition coefficient (Wildman–Crippen LogP) is 1.88. The van der Waals surface area contributed by atoms with E-state index in [4.69, 9.17) is 5.11 Å². The lowest BCUT2D eigenvalue weighted by molar-refractivity contribution is 0.129. The molecule has 1 saturated carbocycles. The number of rotatable bonds is 3. The van der Waals surface area contributed by atoms with E-state index in [9.17, 15) is 4.79 Å². The summed E-state index contributed by atoms with van der Waals surface area (Å²) in [4.78, 5) is 14.1. The van der Waals surface area contributed by atoms with Gasteiger partial charge in [0.15, 0.2) is 0 Å². The Kier molecular flexibility index (Phi) is 4.66. The van der Waals surface area contributed by atoms with Crippen molar-refractivity contribution in [2.45, 2.75) is 63.5 Å². The molecule has 1 aliphatic heterocycles. The van der Waals surface area contributed by atoms with Crippen molar-refractivity contribution in [2.75, 3.05) is 13.2 Å². The molecule has 0 aromatic rings. The summed E-state index contributed by atoms with van der Waals surface area (Å²) < 4.78 is 0. The third-order valence-corrected chi connectivity index (χ3v) is 4.03. The molecule has 2 rings (SSSR count). The van der Waals surface area contributed by atoms with Crippen LogP contribution in [0.2, 0.25) is 0 Å². The van der Waals surface area contributed by atoms with Crippen molar-refractivity contribution in [3.05, 3.63) is 0 Å². The standard InChI is InChI=1S/C13H24N2O2/c16-10-8-12-7-3-4-9-15(12)13(17)14-11-5-1-2-6-11/h11-12,16H,1-10H2,(H,14,17). The molecule has 0 radical (unpaired) electrons. The van der Waals surface area contributed by atoms with Gasteiger partial charge in [0.1, 0.15) is 0 Å². The first-order chi connectivity index (χ1) is 8.31. The molecule has 1 saturated heterocycles. The molecule has 2 aliphatic rings. The van der Waals surface area contributed by atoms with Crippen LogP contribution in [0.1, 0.15) is 51.4 Å². The van der Waals surface area contributed by atoms with E-state index in [0.29, 0.717) is 6.04 Å². The van der Waals surface area contributed by atoms with E-state index in [1.165, 1.54) is 19.3 Å². The highest BCUT2D eigenvalue weighted by atomic mass is 16.3. The number of hydrogen-bond acceptors (Lipinski definition) is 2. The molecule has 0 bridgehead atoms. The van der Waals surface area contributed by atoms with E-state index < -0.39 is 0 Å². The topological polar surface area (TPSA) is 52.6 Å². The number of likely N-dealkylation sites (tertiary alicyclic amines) is 1. The first-order valence-electron chi connectivity index (χ1n) is 6.99. The van der Waals surface area contributed by atoms with Crippen LogP contribution in [0.25, 0.3) is 0 Å². The molecule has 1 aliphatic carbocycles. The normalized spacial score (nSPS) is 26.2. The van der Waals surface area contributed by atoms with Gasteiger partial charge in [-0.25, -0.2) is 4.79 Å². The fraction of sp³-hybridized carbons (Fsp3) is 0.923. The van der Waals surface area contributed by atoms with E-state index in [1.807, 2.05) is 4.90 Å². The van der Waals surface area contributed by atoms with E-state index in [1.54, 1.807) is 0 Å². The fourth-order valence-electron chi connectivity index (χ4n) is 3.04. The summed E-state index contributed by atoms with van der Waals surface area (Å²) in [6.07, 6.45) is 8.78. The molecule has 2 fully saturated rings. The van der Waals surface area contributed by atoms with Gasteiger partial charge in [0.2, 0.25) is 0 Å². The Morgan fingerprint density at radius 2 is 1.88 bits per heavy atom. The second kappa shape index (κ2) is 6.24. The number of nitrogens with zero attached hydrogens (tertiary/aromatic N) is 1. The van der Waals surface area contributed by atoms with Gasteiger partial charge in [0, 0.05) is 25.2 Å². The van der Waals surface area contributed by atoms with Crippen LogP contribution in [-0.2, 0) is 0 Å². The van der Waals surface area contributed by atoms with Crippen LogP contribution in [0.3, 0.4) is 0 Å². The van der Waals surface area contributed by atoms with E-state index in [2.05, 4.69) is 5.32 Å². The molecule has 0 aromatic heterocycles. The van der Waals surface area contributed by atoms with E-state index >= 15 is 0 Å². The number of piperidine rings is 1. The Bertz CT molecular complexity index is 250. The Morgan fingerprint density at radius 3 is 2.59 bits per heavy atom. The molecule has 4 heteroatoms. The van der Waals surface area contributed by atoms with Crippen LogP contribution in [-0.4, -0.2) is 41.3 Å². The molecule has 1 atom stereocenters. The van der Waals surface area contributed by atoms with Gasteiger partial charge in [-0.05, 0) is 38.5 Å². The maximum atomic E-state index is 12.2. The van der Waals surface area contributed by atoms with Gasteiger partial charge in [-0.3, -0.25) is 0 Å². The highest BCUT2D eigenvalue weighted by molar-refractivity contribution is 5.75. The zero-order valence-corrected chi connectivity index (χ0v) is 10.5. The van der Waals surface area contributed by atoms with Gasteiger partial charge < -0.3 is 15.3 Å². The second-order valence-corrected chi connectivity index (χ2v) is 5.29. The van der Waals surface area contributed by atoms with Crippen LogP contribution < -0.4 is 5.32 Å². The quantitative estimate of drug-likeness (QED) is 0.791. The first-order valence-corrected chi connectivity index (χ1v) is 6.99. The molecule has 1 unspecified atom stereocenters. The van der Waals surface area contributed by atoms with Gasteiger partial charge in [-0.1, -0.05) is 12.8 Å². The maximum Gasteiger partial charge on any atom is 0.317 e. The fourth-order valence-corrected chi connectivity index (χ4v) is 3.04. The van der Waals surface area contributed by atoms with Gasteiger partial charge in [0.25, 0.3) is 0 Å². The van der Waals surface area contributed by atoms with Crippen LogP contribution in [0, 0.1) is 0 Å². The molecule has 2 N–H and O–H groups in total. The Labute approximate surface area is 103 Å². The molecule has 17 heavy (non-hydrogen) atoms. The molecule has 0 spiro atoms. The number of carbonyl (C=O) groups is 1. The number of urea groups is 1. The molecular weight excluding hydrogens is 216 g/mol. The summed E-state index contributed by atoms with van der Waals surface area (Å²) in [7, 11) is 0. The molecule has 2 amide bonds. The second-order valence-electron chi connectivity index (χ2n) is 5.29. The maximum absolute atomic E-state index is 12.2. The first kappa shape index (κ1) is 12.7. The van der Waals surface area contributed by atoms with Gasteiger partial charge in [0.05, 0.1) is 0 Å². The number of nitrogens with one attached hydrogen (secondary N) is 1. The predicted molar refractivity (Wildman–Crippen MR) is 66.8 cm³/mol. The van der Waals surface area contributed by atoms with Crippen molar-refractivity contribution >= 4 is 6.03 Å². The number of hydrogen-bond donors (Lipinski definition) is 2. The van der Waals surface area contributed by atoms with Crippen molar-refractivity contribution < 1.29 is 9.90 Å². The number of carbonyl (C=O) groups excluding carboxylic acids is 1. The third-order valence-electron chi connectivity index (χ3n) is 4.03. The minimum Gasteiger partial charge on any atom is -0.396 e. The monoisotopic (exact) mass is 240 g/mol. The summed E-state index contributed by atoms with van der Waals surface area (Å²) in [6.45, 7) is 1.03. The van der Waals surface area contributed by atoms with Crippen molar-refractivity contribution in [1.82, 2.24) is 10.2 Å². The average Bonchev–Trinajstić information content (AvgIpc) is 2.83. The highest BCUT2D eigenvalue weighted by Crippen LogP contribution is 2.21. The lowest BCUT2D eigenvalue weighted by Crippen LogP contribution is -2.51. The molecule has 4 nitrogen and oxygen atoms in total. The lowest BCUT2D eigenvalue weighted by atomic mass is 10.00. The van der Waals surface area contributed by atoms with Gasteiger partial charge in [-0.2, -0.15) is 0 Å². The van der Waals surface area contributed by atoms with Crippen LogP contribution >= 0.6 is 0 Å². The summed E-state index contributed by atoms with van der Waals surface area (Å²) in [6, 6.07) is 0.726. The zero-order valence-electron chi connectivity index (χ0n) is 10.5. The molecular formula is C13H24N2O2. The Morgan fingerprint density at radius 1 is 1.18 bits per heavy atom. The van der Waals surface area contributed by atoms with Gasteiger partial charge in [-0.15, -0.1) is 0 Å². The average molecular weight is 240 g/mol. The SMILES string of the molecule is O=C(NC1CCCC1)N1CCCCC1CCO. The largest absolute Gasteiger partial charge is 0.396 e. The minimum absolute atomic E-state index is 0.0926. The van der Waals surface area contributed by atoms with Crippen molar-refractivity contribution in [3.63, 3.8) is 0 Å². The summed E-state index contributed by atoms with van der Waals surface area (Å²) in [5, 5.41) is 12.2. The highest BCUT2D eigenvalue weighted by Gasteiger charge is 2.28. The smallest absolute Gasteiger partial charge is 0.317 e. The molecule has 1 heterocycles. The third kappa shape index (κ3) is 3.35. The number of amides is 2. The van der Waals surface area contributed by atoms with Crippen molar-refractivity contribution in [2.24, 2.45) is 0 Å². The number of aliphatic hydroxyl groups is 1. The van der Waals surface area contributed by atoms with Crippen molar-refractivity contribution in [3.8, 4) is 0 Å². The summed E-state index contributed by atoms with van der Waals surface area (Å²) in [5.74, 6) is 0. The van der Waals surface area contributed by atoms with Crippen LogP contribution in [0.4, 0.5) is 4.79 Å². The van der Waals surface area contributed by atoms with Crippen molar-refractivity contribution in [1.29, 1.82) is 0 Å². The van der Waals surface area contributed by atoms with Crippen LogP contribution in [0.5, 0.6) is 0 Å².